The number of hydrogen-bond donors (Lipinski definition) is 1. The van der Waals surface area contributed by atoms with E-state index in [1.807, 2.05) is 60.7 Å². The van der Waals surface area contributed by atoms with Crippen LogP contribution in [0.25, 0.3) is 0 Å². The first-order valence-corrected chi connectivity index (χ1v) is 9.53. The molecular formula is C18H22N2O3S. The third-order valence-electron chi connectivity index (χ3n) is 4.18. The van der Waals surface area contributed by atoms with Gasteiger partial charge in [-0.2, -0.15) is 12.7 Å². The zero-order valence-electron chi connectivity index (χ0n) is 13.5. The van der Waals surface area contributed by atoms with Gasteiger partial charge in [-0.25, -0.2) is 4.72 Å². The fourth-order valence-electron chi connectivity index (χ4n) is 2.87. The van der Waals surface area contributed by atoms with Crippen molar-refractivity contribution in [1.29, 1.82) is 0 Å². The summed E-state index contributed by atoms with van der Waals surface area (Å²) in [7, 11) is -3.49. The topological polar surface area (TPSA) is 58.6 Å². The largest absolute Gasteiger partial charge is 0.379 e. The smallest absolute Gasteiger partial charge is 0.279 e. The minimum absolute atomic E-state index is 0.0248. The number of benzene rings is 2. The summed E-state index contributed by atoms with van der Waals surface area (Å²) in [6.07, 6.45) is 0. The van der Waals surface area contributed by atoms with Crippen LogP contribution in [-0.2, 0) is 14.9 Å². The third kappa shape index (κ3) is 4.21. The van der Waals surface area contributed by atoms with E-state index in [0.717, 1.165) is 11.1 Å². The molecule has 0 amide bonds. The Labute approximate surface area is 143 Å². The highest BCUT2D eigenvalue weighted by Gasteiger charge is 2.25. The van der Waals surface area contributed by atoms with Gasteiger partial charge >= 0.3 is 0 Å². The molecule has 6 heteroatoms. The lowest BCUT2D eigenvalue weighted by molar-refractivity contribution is 0.0725. The van der Waals surface area contributed by atoms with E-state index >= 15 is 0 Å². The average molecular weight is 346 g/mol. The number of rotatable bonds is 6. The van der Waals surface area contributed by atoms with Crippen molar-refractivity contribution in [3.8, 4) is 0 Å². The summed E-state index contributed by atoms with van der Waals surface area (Å²) >= 11 is 0. The Morgan fingerprint density at radius 2 is 1.42 bits per heavy atom. The van der Waals surface area contributed by atoms with Gasteiger partial charge in [0.1, 0.15) is 0 Å². The van der Waals surface area contributed by atoms with Crippen molar-refractivity contribution in [2.45, 2.75) is 5.92 Å². The fraction of sp³-hybridized carbons (Fsp3) is 0.333. The summed E-state index contributed by atoms with van der Waals surface area (Å²) in [5, 5.41) is 0. The first-order valence-electron chi connectivity index (χ1n) is 8.09. The second-order valence-electron chi connectivity index (χ2n) is 5.74. The molecule has 1 heterocycles. The van der Waals surface area contributed by atoms with E-state index in [4.69, 9.17) is 4.74 Å². The lowest BCUT2D eigenvalue weighted by atomic mass is 9.92. The molecule has 3 rings (SSSR count). The molecule has 1 saturated heterocycles. The lowest BCUT2D eigenvalue weighted by Crippen LogP contribution is -2.47. The molecule has 1 N–H and O–H groups in total. The summed E-state index contributed by atoms with van der Waals surface area (Å²) in [6.45, 7) is 2.02. The van der Waals surface area contributed by atoms with Crippen molar-refractivity contribution in [2.24, 2.45) is 0 Å². The molecule has 1 aliphatic rings. The number of hydrogen-bond acceptors (Lipinski definition) is 3. The molecule has 0 aromatic heterocycles. The Kier molecular flexibility index (Phi) is 5.63. The van der Waals surface area contributed by atoms with Crippen molar-refractivity contribution in [3.63, 3.8) is 0 Å². The highest BCUT2D eigenvalue weighted by atomic mass is 32.2. The fourth-order valence-corrected chi connectivity index (χ4v) is 4.06. The van der Waals surface area contributed by atoms with E-state index in [1.165, 1.54) is 4.31 Å². The number of morpholine rings is 1. The van der Waals surface area contributed by atoms with Crippen molar-refractivity contribution in [1.82, 2.24) is 9.03 Å². The maximum atomic E-state index is 12.5. The van der Waals surface area contributed by atoms with Crippen LogP contribution in [0.15, 0.2) is 60.7 Å². The first kappa shape index (κ1) is 17.1. The van der Waals surface area contributed by atoms with Crippen LogP contribution >= 0.6 is 0 Å². The van der Waals surface area contributed by atoms with Gasteiger partial charge in [0.15, 0.2) is 0 Å². The molecule has 0 bridgehead atoms. The summed E-state index contributed by atoms with van der Waals surface area (Å²) in [4.78, 5) is 0. The molecule has 0 spiro atoms. The molecule has 24 heavy (non-hydrogen) atoms. The van der Waals surface area contributed by atoms with Crippen LogP contribution in [0.5, 0.6) is 0 Å². The molecule has 128 valence electrons. The highest BCUT2D eigenvalue weighted by Crippen LogP contribution is 2.24. The lowest BCUT2D eigenvalue weighted by Gasteiger charge is -2.27. The van der Waals surface area contributed by atoms with Gasteiger partial charge < -0.3 is 4.74 Å². The van der Waals surface area contributed by atoms with Crippen LogP contribution in [0.4, 0.5) is 0 Å². The van der Waals surface area contributed by atoms with Gasteiger partial charge in [0.2, 0.25) is 0 Å². The number of nitrogens with zero attached hydrogens (tertiary/aromatic N) is 1. The summed E-state index contributed by atoms with van der Waals surface area (Å²) in [5.74, 6) is -0.0248. The van der Waals surface area contributed by atoms with Gasteiger partial charge in [0.25, 0.3) is 10.2 Å². The van der Waals surface area contributed by atoms with Crippen LogP contribution in [0.2, 0.25) is 0 Å². The molecule has 5 nitrogen and oxygen atoms in total. The average Bonchev–Trinajstić information content (AvgIpc) is 2.64. The molecule has 2 aromatic carbocycles. The molecular weight excluding hydrogens is 324 g/mol. The Morgan fingerprint density at radius 1 is 0.917 bits per heavy atom. The Hall–Kier alpha value is -1.73. The van der Waals surface area contributed by atoms with E-state index in [1.54, 1.807) is 0 Å². The minimum atomic E-state index is -3.49. The molecule has 1 aliphatic heterocycles. The van der Waals surface area contributed by atoms with Gasteiger partial charge in [-0.3, -0.25) is 0 Å². The van der Waals surface area contributed by atoms with Gasteiger partial charge in [-0.15, -0.1) is 0 Å². The predicted octanol–water partition coefficient (Wildman–Crippen LogP) is 1.99. The second-order valence-corrected chi connectivity index (χ2v) is 7.49. The molecule has 0 radical (unpaired) electrons. The van der Waals surface area contributed by atoms with Crippen LogP contribution in [0.3, 0.4) is 0 Å². The molecule has 2 aromatic rings. The number of nitrogens with one attached hydrogen (secondary N) is 1. The zero-order chi connectivity index (χ0) is 16.8. The summed E-state index contributed by atoms with van der Waals surface area (Å²) in [5.41, 5.74) is 2.18. The third-order valence-corrected chi connectivity index (χ3v) is 5.76. The van der Waals surface area contributed by atoms with Crippen LogP contribution < -0.4 is 4.72 Å². The van der Waals surface area contributed by atoms with Crippen LogP contribution in [0, 0.1) is 0 Å². The van der Waals surface area contributed by atoms with Crippen LogP contribution in [-0.4, -0.2) is 45.6 Å². The molecule has 0 unspecified atom stereocenters. The SMILES string of the molecule is O=S(=O)(NCC(c1ccccc1)c1ccccc1)N1CCOCC1. The van der Waals surface area contributed by atoms with E-state index in [0.29, 0.717) is 32.8 Å². The summed E-state index contributed by atoms with van der Waals surface area (Å²) in [6, 6.07) is 19.9. The second kappa shape index (κ2) is 7.90. The van der Waals surface area contributed by atoms with E-state index < -0.39 is 10.2 Å². The molecule has 0 saturated carbocycles. The predicted molar refractivity (Wildman–Crippen MR) is 94.0 cm³/mol. The first-order chi connectivity index (χ1) is 11.7. The van der Waals surface area contributed by atoms with Crippen molar-refractivity contribution in [2.75, 3.05) is 32.8 Å². The Bertz CT molecular complexity index is 690. The monoisotopic (exact) mass is 346 g/mol. The maximum absolute atomic E-state index is 12.5. The molecule has 1 fully saturated rings. The number of ether oxygens (including phenoxy) is 1. The Balaban J connectivity index is 1.77. The molecule has 0 aliphatic carbocycles. The van der Waals surface area contributed by atoms with Crippen molar-refractivity contribution >= 4 is 10.2 Å². The van der Waals surface area contributed by atoms with E-state index in [9.17, 15) is 8.42 Å². The summed E-state index contributed by atoms with van der Waals surface area (Å²) < 4.78 is 34.5. The van der Waals surface area contributed by atoms with Crippen molar-refractivity contribution in [3.05, 3.63) is 71.8 Å². The molecule has 0 atom stereocenters. The standard InChI is InChI=1S/C18H22N2O3S/c21-24(22,20-11-13-23-14-12-20)19-15-18(16-7-3-1-4-8-16)17-9-5-2-6-10-17/h1-10,18-19H,11-15H2. The van der Waals surface area contributed by atoms with Gasteiger partial charge in [0, 0.05) is 25.6 Å². The van der Waals surface area contributed by atoms with Gasteiger partial charge in [0.05, 0.1) is 13.2 Å². The highest BCUT2D eigenvalue weighted by molar-refractivity contribution is 7.87. The van der Waals surface area contributed by atoms with E-state index in [2.05, 4.69) is 4.72 Å². The van der Waals surface area contributed by atoms with Gasteiger partial charge in [-0.05, 0) is 11.1 Å². The minimum Gasteiger partial charge on any atom is -0.379 e. The van der Waals surface area contributed by atoms with Crippen LogP contribution in [0.1, 0.15) is 17.0 Å². The Morgan fingerprint density at radius 3 is 1.92 bits per heavy atom. The normalized spacial score (nSPS) is 16.4. The maximum Gasteiger partial charge on any atom is 0.279 e. The zero-order valence-corrected chi connectivity index (χ0v) is 14.3. The van der Waals surface area contributed by atoms with E-state index in [-0.39, 0.29) is 5.92 Å². The quantitative estimate of drug-likeness (QED) is 0.870. The van der Waals surface area contributed by atoms with Gasteiger partial charge in [-0.1, -0.05) is 60.7 Å². The van der Waals surface area contributed by atoms with Crippen molar-refractivity contribution < 1.29 is 13.2 Å².